The fraction of sp³-hybridized carbons (Fsp3) is 0.750. The highest BCUT2D eigenvalue weighted by molar-refractivity contribution is 9.09. The maximum absolute atomic E-state index is 5.20. The molecule has 0 radical (unpaired) electrons. The topological polar surface area (TPSA) is 13.1 Å². The molecule has 0 spiro atoms. The Labute approximate surface area is 119 Å². The van der Waals surface area contributed by atoms with Crippen molar-refractivity contribution in [3.05, 3.63) is 24.2 Å². The molecule has 2 heteroatoms. The van der Waals surface area contributed by atoms with E-state index in [2.05, 4.69) is 28.9 Å². The standard InChI is InChI=1S/C16H25BrO/c1-2-3-4-14-5-8-16(13-17,9-6-14)11-15-7-10-18-12-15/h7,10,12,14H,2-6,8-9,11,13H2,1H3. The van der Waals surface area contributed by atoms with Gasteiger partial charge >= 0.3 is 0 Å². The van der Waals surface area contributed by atoms with Gasteiger partial charge in [0.1, 0.15) is 0 Å². The van der Waals surface area contributed by atoms with Gasteiger partial charge in [0.25, 0.3) is 0 Å². The van der Waals surface area contributed by atoms with Gasteiger partial charge in [-0.2, -0.15) is 0 Å². The highest BCUT2D eigenvalue weighted by atomic mass is 79.9. The summed E-state index contributed by atoms with van der Waals surface area (Å²) in [6, 6.07) is 2.12. The first-order valence-corrected chi connectivity index (χ1v) is 8.47. The Kier molecular flexibility index (Phi) is 5.35. The first-order valence-electron chi connectivity index (χ1n) is 7.35. The molecule has 1 nitrogen and oxygen atoms in total. The Balaban J connectivity index is 1.87. The van der Waals surface area contributed by atoms with Crippen LogP contribution < -0.4 is 0 Å². The van der Waals surface area contributed by atoms with Crippen LogP contribution in [-0.4, -0.2) is 5.33 Å². The monoisotopic (exact) mass is 312 g/mol. The summed E-state index contributed by atoms with van der Waals surface area (Å²) < 4.78 is 5.20. The molecule has 102 valence electrons. The van der Waals surface area contributed by atoms with E-state index < -0.39 is 0 Å². The predicted molar refractivity (Wildman–Crippen MR) is 80.1 cm³/mol. The Hall–Kier alpha value is -0.240. The summed E-state index contributed by atoms with van der Waals surface area (Å²) in [7, 11) is 0. The number of unbranched alkanes of at least 4 members (excludes halogenated alkanes) is 1. The van der Waals surface area contributed by atoms with Gasteiger partial charge in [-0.25, -0.2) is 0 Å². The third-order valence-corrected chi connectivity index (χ3v) is 5.76. The molecule has 1 aromatic rings. The van der Waals surface area contributed by atoms with E-state index in [9.17, 15) is 0 Å². The number of alkyl halides is 1. The smallest absolute Gasteiger partial charge is 0.0934 e. The average Bonchev–Trinajstić information content (AvgIpc) is 2.91. The summed E-state index contributed by atoms with van der Waals surface area (Å²) in [5.74, 6) is 0.987. The first kappa shape index (κ1) is 14.2. The molecule has 1 saturated carbocycles. The van der Waals surface area contributed by atoms with E-state index in [-0.39, 0.29) is 0 Å². The van der Waals surface area contributed by atoms with Crippen molar-refractivity contribution in [2.45, 2.75) is 58.3 Å². The molecule has 0 unspecified atom stereocenters. The molecule has 1 fully saturated rings. The zero-order valence-corrected chi connectivity index (χ0v) is 13.0. The third kappa shape index (κ3) is 3.63. The van der Waals surface area contributed by atoms with Gasteiger partial charge in [-0.15, -0.1) is 0 Å². The van der Waals surface area contributed by atoms with Crippen LogP contribution in [0.15, 0.2) is 23.0 Å². The van der Waals surface area contributed by atoms with Crippen molar-refractivity contribution in [2.75, 3.05) is 5.33 Å². The van der Waals surface area contributed by atoms with Crippen molar-refractivity contribution >= 4 is 15.9 Å². The van der Waals surface area contributed by atoms with E-state index in [0.717, 1.165) is 11.2 Å². The molecule has 0 aromatic carbocycles. The van der Waals surface area contributed by atoms with Crippen molar-refractivity contribution < 1.29 is 4.42 Å². The highest BCUT2D eigenvalue weighted by Crippen LogP contribution is 2.44. The fourth-order valence-corrected chi connectivity index (χ4v) is 4.01. The molecular weight excluding hydrogens is 288 g/mol. The summed E-state index contributed by atoms with van der Waals surface area (Å²) >= 11 is 3.76. The van der Waals surface area contributed by atoms with Gasteiger partial charge in [-0.3, -0.25) is 0 Å². The minimum Gasteiger partial charge on any atom is -0.472 e. The Morgan fingerprint density at radius 3 is 2.72 bits per heavy atom. The minimum atomic E-state index is 0.479. The average molecular weight is 313 g/mol. The maximum Gasteiger partial charge on any atom is 0.0934 e. The van der Waals surface area contributed by atoms with Crippen LogP contribution in [0, 0.1) is 11.3 Å². The summed E-state index contributed by atoms with van der Waals surface area (Å²) in [4.78, 5) is 0. The Morgan fingerprint density at radius 2 is 2.17 bits per heavy atom. The molecule has 0 N–H and O–H groups in total. The molecule has 0 atom stereocenters. The quantitative estimate of drug-likeness (QED) is 0.624. The minimum absolute atomic E-state index is 0.479. The molecule has 2 rings (SSSR count). The Bertz CT molecular complexity index is 323. The van der Waals surface area contributed by atoms with E-state index in [0.29, 0.717) is 5.41 Å². The van der Waals surface area contributed by atoms with Crippen molar-refractivity contribution in [3.8, 4) is 0 Å². The molecule has 0 aliphatic heterocycles. The highest BCUT2D eigenvalue weighted by Gasteiger charge is 2.34. The van der Waals surface area contributed by atoms with Crippen molar-refractivity contribution in [1.82, 2.24) is 0 Å². The second kappa shape index (κ2) is 6.79. The van der Waals surface area contributed by atoms with Crippen LogP contribution in [0.1, 0.15) is 57.4 Å². The summed E-state index contributed by atoms with van der Waals surface area (Å²) in [6.07, 6.45) is 14.7. The summed E-state index contributed by atoms with van der Waals surface area (Å²) in [6.45, 7) is 2.30. The maximum atomic E-state index is 5.20. The second-order valence-electron chi connectivity index (χ2n) is 6.03. The van der Waals surface area contributed by atoms with Crippen molar-refractivity contribution in [1.29, 1.82) is 0 Å². The van der Waals surface area contributed by atoms with Crippen LogP contribution in [0.4, 0.5) is 0 Å². The van der Waals surface area contributed by atoms with E-state index >= 15 is 0 Å². The zero-order valence-electron chi connectivity index (χ0n) is 11.5. The predicted octanol–water partition coefficient (Wildman–Crippen LogP) is 5.58. The summed E-state index contributed by atoms with van der Waals surface area (Å²) in [5, 5.41) is 1.13. The van der Waals surface area contributed by atoms with Crippen LogP contribution in [0.2, 0.25) is 0 Å². The lowest BCUT2D eigenvalue weighted by Gasteiger charge is -2.39. The van der Waals surface area contributed by atoms with Gasteiger partial charge in [0, 0.05) is 5.33 Å². The molecular formula is C16H25BrO. The largest absolute Gasteiger partial charge is 0.472 e. The third-order valence-electron chi connectivity index (χ3n) is 4.57. The molecule has 0 saturated heterocycles. The zero-order chi connectivity index (χ0) is 12.8. The van der Waals surface area contributed by atoms with Crippen molar-refractivity contribution in [3.63, 3.8) is 0 Å². The summed E-state index contributed by atoms with van der Waals surface area (Å²) in [5.41, 5.74) is 1.84. The van der Waals surface area contributed by atoms with E-state index in [1.165, 1.54) is 56.9 Å². The number of halogens is 1. The lowest BCUT2D eigenvalue weighted by atomic mass is 9.68. The number of rotatable bonds is 6. The van der Waals surface area contributed by atoms with Crippen LogP contribution in [0.3, 0.4) is 0 Å². The molecule has 0 bridgehead atoms. The van der Waals surface area contributed by atoms with Gasteiger partial charge < -0.3 is 4.42 Å². The first-order chi connectivity index (χ1) is 8.78. The second-order valence-corrected chi connectivity index (χ2v) is 6.59. The van der Waals surface area contributed by atoms with Crippen LogP contribution in [0.25, 0.3) is 0 Å². The number of hydrogen-bond acceptors (Lipinski definition) is 1. The number of hydrogen-bond donors (Lipinski definition) is 0. The van der Waals surface area contributed by atoms with Crippen LogP contribution in [0.5, 0.6) is 0 Å². The number of furan rings is 1. The SMILES string of the molecule is CCCCC1CCC(CBr)(Cc2ccoc2)CC1. The van der Waals surface area contributed by atoms with Gasteiger partial charge in [0.2, 0.25) is 0 Å². The van der Waals surface area contributed by atoms with Gasteiger partial charge in [0.05, 0.1) is 12.5 Å². The normalized spacial score (nSPS) is 28.4. The van der Waals surface area contributed by atoms with Gasteiger partial charge in [-0.1, -0.05) is 42.1 Å². The molecule has 1 aliphatic rings. The van der Waals surface area contributed by atoms with E-state index in [1.54, 1.807) is 6.26 Å². The van der Waals surface area contributed by atoms with E-state index in [1.807, 2.05) is 6.26 Å². The molecule has 18 heavy (non-hydrogen) atoms. The fourth-order valence-electron chi connectivity index (χ4n) is 3.26. The molecule has 0 amide bonds. The Morgan fingerprint density at radius 1 is 1.39 bits per heavy atom. The van der Waals surface area contributed by atoms with Crippen LogP contribution in [-0.2, 0) is 6.42 Å². The van der Waals surface area contributed by atoms with Crippen molar-refractivity contribution in [2.24, 2.45) is 11.3 Å². The molecule has 1 heterocycles. The molecule has 1 aromatic heterocycles. The lowest BCUT2D eigenvalue weighted by Crippen LogP contribution is -2.31. The van der Waals surface area contributed by atoms with Gasteiger partial charge in [-0.05, 0) is 55.1 Å². The van der Waals surface area contributed by atoms with E-state index in [4.69, 9.17) is 4.42 Å². The van der Waals surface area contributed by atoms with Crippen LogP contribution >= 0.6 is 15.9 Å². The lowest BCUT2D eigenvalue weighted by molar-refractivity contribution is 0.168. The van der Waals surface area contributed by atoms with Gasteiger partial charge in [0.15, 0.2) is 0 Å². The molecule has 1 aliphatic carbocycles.